The Balaban J connectivity index is 3.88. The molecule has 4 nitrogen and oxygen atoms in total. The lowest BCUT2D eigenvalue weighted by atomic mass is 10.1. The molecule has 0 aliphatic heterocycles. The smallest absolute Gasteiger partial charge is 0.325 e. The first kappa shape index (κ1) is 10.4. The maximum atomic E-state index is 11.0. The zero-order valence-electron chi connectivity index (χ0n) is 7.18. The second-order valence-electron chi connectivity index (χ2n) is 2.77. The molecule has 11 heavy (non-hydrogen) atoms. The first-order valence-electron chi connectivity index (χ1n) is 3.49. The van der Waals surface area contributed by atoms with E-state index in [0.29, 0.717) is 6.54 Å². The lowest BCUT2D eigenvalue weighted by Crippen LogP contribution is -2.48. The summed E-state index contributed by atoms with van der Waals surface area (Å²) in [6.45, 7) is 3.81. The molecule has 0 aromatic heterocycles. The van der Waals surface area contributed by atoms with Crippen LogP contribution in [-0.2, 0) is 9.53 Å². The summed E-state index contributed by atoms with van der Waals surface area (Å²) in [6, 6.07) is 0. The van der Waals surface area contributed by atoms with Gasteiger partial charge in [0.2, 0.25) is 0 Å². The second-order valence-corrected chi connectivity index (χ2v) is 2.77. The Hall–Kier alpha value is -0.610. The molecule has 0 aliphatic carbocycles. The van der Waals surface area contributed by atoms with E-state index < -0.39 is 5.54 Å². The summed E-state index contributed by atoms with van der Waals surface area (Å²) in [7, 11) is 1.34. The van der Waals surface area contributed by atoms with Crippen LogP contribution in [0.4, 0.5) is 0 Å². The third-order valence-electron chi connectivity index (χ3n) is 1.37. The average Bonchev–Trinajstić information content (AvgIpc) is 1.99. The van der Waals surface area contributed by atoms with Gasteiger partial charge in [0, 0.05) is 6.54 Å². The van der Waals surface area contributed by atoms with Crippen molar-refractivity contribution in [2.45, 2.75) is 19.4 Å². The normalized spacial score (nSPS) is 11.3. The predicted molar refractivity (Wildman–Crippen MR) is 41.2 cm³/mol. The third-order valence-corrected chi connectivity index (χ3v) is 1.37. The van der Waals surface area contributed by atoms with E-state index in [1.165, 1.54) is 7.11 Å². The van der Waals surface area contributed by atoms with Gasteiger partial charge < -0.3 is 15.2 Å². The minimum atomic E-state index is -0.711. The van der Waals surface area contributed by atoms with Crippen molar-refractivity contribution in [3.05, 3.63) is 0 Å². The standard InChI is InChI=1S/C7H15NO3/c1-7(2,6(10)11-3)8-4-5-9/h8-9H,4-5H2,1-3H3. The third kappa shape index (κ3) is 3.34. The van der Waals surface area contributed by atoms with Crippen LogP contribution in [0.25, 0.3) is 0 Å². The summed E-state index contributed by atoms with van der Waals surface area (Å²) in [5, 5.41) is 11.3. The van der Waals surface area contributed by atoms with Gasteiger partial charge in [0.25, 0.3) is 0 Å². The van der Waals surface area contributed by atoms with E-state index in [2.05, 4.69) is 10.1 Å². The van der Waals surface area contributed by atoms with E-state index in [0.717, 1.165) is 0 Å². The molecular formula is C7H15NO3. The van der Waals surface area contributed by atoms with Gasteiger partial charge in [-0.25, -0.2) is 0 Å². The van der Waals surface area contributed by atoms with E-state index >= 15 is 0 Å². The molecule has 0 heterocycles. The highest BCUT2D eigenvalue weighted by molar-refractivity contribution is 5.79. The number of ether oxygens (including phenoxy) is 1. The number of nitrogens with one attached hydrogen (secondary N) is 1. The van der Waals surface area contributed by atoms with Gasteiger partial charge in [0.05, 0.1) is 13.7 Å². The van der Waals surface area contributed by atoms with Crippen molar-refractivity contribution in [2.24, 2.45) is 0 Å². The van der Waals surface area contributed by atoms with Crippen LogP contribution in [0.15, 0.2) is 0 Å². The Kier molecular flexibility index (Phi) is 4.07. The van der Waals surface area contributed by atoms with Gasteiger partial charge >= 0.3 is 5.97 Å². The first-order valence-corrected chi connectivity index (χ1v) is 3.49. The molecule has 0 saturated carbocycles. The number of carbonyl (C=O) groups excluding carboxylic acids is 1. The summed E-state index contributed by atoms with van der Waals surface area (Å²) in [5.74, 6) is -0.328. The molecule has 0 amide bonds. The molecule has 0 aromatic carbocycles. The summed E-state index contributed by atoms with van der Waals surface area (Å²) < 4.78 is 4.53. The summed E-state index contributed by atoms with van der Waals surface area (Å²) in [4.78, 5) is 11.0. The zero-order chi connectivity index (χ0) is 8.91. The Labute approximate surface area is 66.5 Å². The fraction of sp³-hybridized carbons (Fsp3) is 0.857. The summed E-state index contributed by atoms with van der Waals surface area (Å²) >= 11 is 0. The molecular weight excluding hydrogens is 146 g/mol. The van der Waals surface area contributed by atoms with Crippen molar-refractivity contribution in [3.8, 4) is 0 Å². The largest absolute Gasteiger partial charge is 0.468 e. The van der Waals surface area contributed by atoms with Gasteiger partial charge in [-0.1, -0.05) is 0 Å². The molecule has 2 N–H and O–H groups in total. The van der Waals surface area contributed by atoms with Gasteiger partial charge in [-0.2, -0.15) is 0 Å². The molecule has 0 unspecified atom stereocenters. The predicted octanol–water partition coefficient (Wildman–Crippen LogP) is -0.480. The molecule has 0 spiro atoms. The van der Waals surface area contributed by atoms with Gasteiger partial charge in [0.15, 0.2) is 0 Å². The number of carbonyl (C=O) groups is 1. The van der Waals surface area contributed by atoms with Crippen molar-refractivity contribution in [3.63, 3.8) is 0 Å². The molecule has 66 valence electrons. The van der Waals surface area contributed by atoms with Crippen LogP contribution in [0.5, 0.6) is 0 Å². The molecule has 0 radical (unpaired) electrons. The number of hydrogen-bond donors (Lipinski definition) is 2. The Morgan fingerprint density at radius 3 is 2.55 bits per heavy atom. The Morgan fingerprint density at radius 2 is 2.18 bits per heavy atom. The topological polar surface area (TPSA) is 58.6 Å². The Bertz CT molecular complexity index is 134. The molecule has 0 bridgehead atoms. The monoisotopic (exact) mass is 161 g/mol. The number of esters is 1. The molecule has 0 fully saturated rings. The SMILES string of the molecule is COC(=O)C(C)(C)NCCO. The molecule has 4 heteroatoms. The molecule has 0 aliphatic rings. The van der Waals surface area contributed by atoms with Crippen molar-refractivity contribution in [1.82, 2.24) is 5.32 Å². The van der Waals surface area contributed by atoms with Crippen LogP contribution in [-0.4, -0.2) is 36.9 Å². The zero-order valence-corrected chi connectivity index (χ0v) is 7.18. The lowest BCUT2D eigenvalue weighted by molar-refractivity contribution is -0.147. The highest BCUT2D eigenvalue weighted by Gasteiger charge is 2.27. The van der Waals surface area contributed by atoms with Crippen molar-refractivity contribution in [2.75, 3.05) is 20.3 Å². The fourth-order valence-corrected chi connectivity index (χ4v) is 0.696. The number of methoxy groups -OCH3 is 1. The van der Waals surface area contributed by atoms with E-state index in [9.17, 15) is 4.79 Å². The van der Waals surface area contributed by atoms with Crippen LogP contribution in [0.3, 0.4) is 0 Å². The Morgan fingerprint density at radius 1 is 1.64 bits per heavy atom. The van der Waals surface area contributed by atoms with E-state index in [1.807, 2.05) is 0 Å². The number of hydrogen-bond acceptors (Lipinski definition) is 4. The molecule has 0 aromatic rings. The van der Waals surface area contributed by atoms with Gasteiger partial charge in [-0.15, -0.1) is 0 Å². The number of aliphatic hydroxyl groups is 1. The van der Waals surface area contributed by atoms with E-state index in [1.54, 1.807) is 13.8 Å². The maximum absolute atomic E-state index is 11.0. The minimum Gasteiger partial charge on any atom is -0.468 e. The second kappa shape index (κ2) is 4.31. The minimum absolute atomic E-state index is 0.0143. The maximum Gasteiger partial charge on any atom is 0.325 e. The van der Waals surface area contributed by atoms with Crippen LogP contribution in [0.1, 0.15) is 13.8 Å². The van der Waals surface area contributed by atoms with Crippen molar-refractivity contribution < 1.29 is 14.6 Å². The lowest BCUT2D eigenvalue weighted by Gasteiger charge is -2.22. The summed E-state index contributed by atoms with van der Waals surface area (Å²) in [5.41, 5.74) is -0.711. The van der Waals surface area contributed by atoms with Crippen LogP contribution in [0, 0.1) is 0 Å². The van der Waals surface area contributed by atoms with Gasteiger partial charge in [-0.3, -0.25) is 4.79 Å². The van der Waals surface area contributed by atoms with Crippen LogP contribution < -0.4 is 5.32 Å². The molecule has 0 atom stereocenters. The number of rotatable bonds is 4. The number of β-amino-alcohol motifs (C(OH)–C–C–N with tert-alkyl or cyclic N) is 1. The highest BCUT2D eigenvalue weighted by atomic mass is 16.5. The summed E-state index contributed by atoms with van der Waals surface area (Å²) in [6.07, 6.45) is 0. The van der Waals surface area contributed by atoms with Gasteiger partial charge in [0.1, 0.15) is 5.54 Å². The van der Waals surface area contributed by atoms with Gasteiger partial charge in [-0.05, 0) is 13.8 Å². The molecule has 0 saturated heterocycles. The fourth-order valence-electron chi connectivity index (χ4n) is 0.696. The van der Waals surface area contributed by atoms with Crippen molar-refractivity contribution in [1.29, 1.82) is 0 Å². The quantitative estimate of drug-likeness (QED) is 0.547. The average molecular weight is 161 g/mol. The van der Waals surface area contributed by atoms with E-state index in [-0.39, 0.29) is 12.6 Å². The van der Waals surface area contributed by atoms with Crippen molar-refractivity contribution >= 4 is 5.97 Å². The molecule has 0 rings (SSSR count). The first-order chi connectivity index (χ1) is 5.04. The number of aliphatic hydroxyl groups excluding tert-OH is 1. The van der Waals surface area contributed by atoms with Crippen LogP contribution in [0.2, 0.25) is 0 Å². The highest BCUT2D eigenvalue weighted by Crippen LogP contribution is 2.02. The van der Waals surface area contributed by atoms with Crippen LogP contribution >= 0.6 is 0 Å². The van der Waals surface area contributed by atoms with E-state index in [4.69, 9.17) is 5.11 Å².